The van der Waals surface area contributed by atoms with Gasteiger partial charge < -0.3 is 45.6 Å². The molecule has 0 spiro atoms. The van der Waals surface area contributed by atoms with Crippen molar-refractivity contribution in [3.05, 3.63) is 76.9 Å². The van der Waals surface area contributed by atoms with Gasteiger partial charge in [-0.2, -0.15) is 30.0 Å². The Morgan fingerprint density at radius 1 is 0.604 bits per heavy atom. The summed E-state index contributed by atoms with van der Waals surface area (Å²) in [5.41, 5.74) is 2.78. The van der Waals surface area contributed by atoms with Crippen LogP contribution in [-0.4, -0.2) is 166 Å². The highest BCUT2D eigenvalue weighted by Crippen LogP contribution is 2.60. The van der Waals surface area contributed by atoms with Gasteiger partial charge in [0.2, 0.25) is 11.8 Å². The van der Waals surface area contributed by atoms with E-state index in [-0.39, 0.29) is 92.3 Å². The Hall–Kier alpha value is -6.22. The third-order valence-corrected chi connectivity index (χ3v) is 24.3. The number of carbonyl (C=O) groups is 4. The van der Waals surface area contributed by atoms with E-state index in [4.69, 9.17) is 31.2 Å². The van der Waals surface area contributed by atoms with Crippen molar-refractivity contribution in [2.45, 2.75) is 202 Å². The average Bonchev–Trinajstić information content (AvgIpc) is 1.67. The van der Waals surface area contributed by atoms with Crippen LogP contribution in [0.15, 0.2) is 70.7 Å². The summed E-state index contributed by atoms with van der Waals surface area (Å²) in [6, 6.07) is 15.9. The number of amides is 4. The number of aliphatic hydroxyl groups is 1. The number of hydrogen-bond donors (Lipinski definition) is 8. The van der Waals surface area contributed by atoms with Gasteiger partial charge in [0.25, 0.3) is 31.9 Å². The van der Waals surface area contributed by atoms with Gasteiger partial charge in [-0.25, -0.2) is 34.8 Å². The number of alkyl halides is 4. The Morgan fingerprint density at radius 3 is 1.55 bits per heavy atom. The van der Waals surface area contributed by atoms with Crippen molar-refractivity contribution < 1.29 is 63.8 Å². The lowest BCUT2D eigenvalue weighted by molar-refractivity contribution is -0.190. The van der Waals surface area contributed by atoms with E-state index in [1.54, 1.807) is 36.4 Å². The number of aliphatic hydroxyl groups excluding tert-OH is 1. The number of nitrogens with one attached hydrogen (secondary N) is 7. The number of halogens is 5. The second kappa shape index (κ2) is 32.0. The fourth-order valence-corrected chi connectivity index (χ4v) is 16.1. The van der Waals surface area contributed by atoms with Crippen LogP contribution < -0.4 is 50.9 Å². The largest absolute Gasteiger partial charge is 0.396 e. The minimum Gasteiger partial charge on any atom is -0.396 e. The number of hydrogen-bond acceptors (Lipinski definition) is 21. The Bertz CT molecular complexity index is 3850. The molecule has 0 radical (unpaired) electrons. The van der Waals surface area contributed by atoms with E-state index < -0.39 is 43.5 Å². The lowest BCUT2D eigenvalue weighted by atomic mass is 9.93. The standard InChI is InChI=1S/C29H41N7O4S.C20H24ClN5O3S.C10H17NO2.C6H9F3O.C4H6BrNO/c1-28(2)18-20-6-5-15-30-22-7-4-8-25(31-22)41(38,39)34-27(37)21-9-10-23(32-26(21)35(28)19-20)36-16-11-24(33-36)40-17-14-29(3)12-13-29;1-20(2)11-13-5-4-10-22-16-6-3-7-17(24-16)30(28,29)25-19(27)14-8-9-15(21)23-18(14)26(20)12-13;1-10(3-4-10)5-7-13-8-2-6-11-9(8)12;7-6(8,9)5(1-2-5)3-4-10;5-3-1-2-6-4(3)7/h4,7-10,20,24,33H,5-6,11-19H2,1-3H3,(H,30,31)(H,34,37);3,6-9,13H,4-5,10-12H2,1-2H3,(H,22,24)(H,25,27);8H,2-7H2,1H3,(H,11,12);10H,1-4H2;3H,1-2H2,(H,6,7)/t20-,24?;13-;;;/m00.../s1. The van der Waals surface area contributed by atoms with Gasteiger partial charge in [-0.15, -0.1) is 0 Å². The number of hydrazine groups is 1. The SMILES string of the molecule is CC1(C)C[C@@H]2CCCNc3cccc(n3)S(=O)(=O)NC(=O)c3ccc(Cl)nc3N1C2.CC1(CCOC2CCN(c3ccc4c(n3)N3C[C@@H](CCCNc5cccc(n5)S(=O)(=O)NC4=O)CC3(C)C)N2)CC1.CC1(CCOC2CCNC2=O)CC1.O=C1NCCC1Br.OCCC1(C(F)(F)F)CC1. The molecule has 11 heterocycles. The number of rotatable bonds is 11. The molecule has 101 heavy (non-hydrogen) atoms. The molecule has 4 aromatic heterocycles. The van der Waals surface area contributed by atoms with E-state index in [9.17, 15) is 49.2 Å². The van der Waals surface area contributed by atoms with Gasteiger partial charge in [0.1, 0.15) is 46.6 Å². The van der Waals surface area contributed by atoms with Crippen LogP contribution in [0.1, 0.15) is 178 Å². The van der Waals surface area contributed by atoms with Gasteiger partial charge in [-0.3, -0.25) is 24.2 Å². The summed E-state index contributed by atoms with van der Waals surface area (Å²) in [6.45, 7) is 19.4. The predicted octanol–water partition coefficient (Wildman–Crippen LogP) is 9.78. The maximum atomic E-state index is 13.6. The van der Waals surface area contributed by atoms with Crippen LogP contribution >= 0.6 is 27.5 Å². The summed E-state index contributed by atoms with van der Waals surface area (Å²) < 4.78 is 104. The highest BCUT2D eigenvalue weighted by molar-refractivity contribution is 9.10. The molecule has 556 valence electrons. The molecule has 3 unspecified atom stereocenters. The van der Waals surface area contributed by atoms with E-state index in [0.29, 0.717) is 64.8 Å². The minimum absolute atomic E-state index is 0.0703. The molecule has 8 fully saturated rings. The Kier molecular flexibility index (Phi) is 24.5. The van der Waals surface area contributed by atoms with Crippen molar-refractivity contribution in [3.8, 4) is 0 Å². The van der Waals surface area contributed by atoms with Crippen LogP contribution in [0.5, 0.6) is 0 Å². The topological polar surface area (TPSA) is 321 Å². The van der Waals surface area contributed by atoms with Gasteiger partial charge in [0.05, 0.1) is 21.4 Å². The van der Waals surface area contributed by atoms with Crippen molar-refractivity contribution in [2.75, 3.05) is 91.1 Å². The van der Waals surface area contributed by atoms with E-state index in [1.165, 1.54) is 49.9 Å². The van der Waals surface area contributed by atoms with Gasteiger partial charge in [0.15, 0.2) is 10.1 Å². The van der Waals surface area contributed by atoms with Crippen molar-refractivity contribution in [1.29, 1.82) is 0 Å². The highest BCUT2D eigenvalue weighted by atomic mass is 79.9. The fraction of sp³-hybridized carbons (Fsp3) is 0.652. The Balaban J connectivity index is 0.000000157. The number of anilines is 5. The fourth-order valence-electron chi connectivity index (χ4n) is 13.7. The van der Waals surface area contributed by atoms with E-state index in [2.05, 4.69) is 118 Å². The first-order valence-corrected chi connectivity index (χ1v) is 39.4. The molecule has 0 aromatic carbocycles. The zero-order valence-corrected chi connectivity index (χ0v) is 62.3. The number of sulfonamides is 2. The van der Waals surface area contributed by atoms with Crippen molar-refractivity contribution in [2.24, 2.45) is 28.1 Å². The Labute approximate surface area is 603 Å². The quantitative estimate of drug-likeness (QED) is 0.0511. The number of ether oxygens (including phenoxy) is 2. The average molecular weight is 1540 g/mol. The van der Waals surface area contributed by atoms with Crippen LogP contribution in [-0.2, 0) is 39.1 Å². The highest BCUT2D eigenvalue weighted by Gasteiger charge is 2.62. The summed E-state index contributed by atoms with van der Waals surface area (Å²) in [5.74, 6) is 2.05. The van der Waals surface area contributed by atoms with Gasteiger partial charge in [-0.1, -0.05) is 53.5 Å². The van der Waals surface area contributed by atoms with Crippen molar-refractivity contribution in [3.63, 3.8) is 0 Å². The summed E-state index contributed by atoms with van der Waals surface area (Å²) >= 11 is 9.33. The molecule has 8 N–H and O–H groups in total. The molecule has 32 heteroatoms. The maximum Gasteiger partial charge on any atom is 0.394 e. The maximum absolute atomic E-state index is 13.6. The molecular formula is C69H97BrClF3N14O11S2. The number of aromatic nitrogens is 4. The smallest absolute Gasteiger partial charge is 0.394 e. The molecule has 5 saturated heterocycles. The normalized spacial score (nSPS) is 25.7. The monoisotopic (exact) mass is 1530 g/mol. The summed E-state index contributed by atoms with van der Waals surface area (Å²) in [5, 5.41) is 22.0. The van der Waals surface area contributed by atoms with Crippen LogP contribution in [0.4, 0.5) is 42.3 Å². The van der Waals surface area contributed by atoms with Gasteiger partial charge >= 0.3 is 6.18 Å². The molecule has 5 atom stereocenters. The third-order valence-electron chi connectivity index (χ3n) is 20.7. The Morgan fingerprint density at radius 2 is 1.11 bits per heavy atom. The van der Waals surface area contributed by atoms with E-state index in [1.807, 2.05) is 5.01 Å². The van der Waals surface area contributed by atoms with Gasteiger partial charge in [-0.05, 0) is 208 Å². The first-order valence-electron chi connectivity index (χ1n) is 35.1. The molecule has 14 rings (SSSR count). The predicted molar refractivity (Wildman–Crippen MR) is 382 cm³/mol. The second-order valence-electron chi connectivity index (χ2n) is 30.0. The number of pyridine rings is 4. The molecule has 25 nitrogen and oxygen atoms in total. The molecule has 7 aliphatic heterocycles. The van der Waals surface area contributed by atoms with Gasteiger partial charge in [0, 0.05) is 83.1 Å². The molecule has 3 saturated carbocycles. The van der Waals surface area contributed by atoms with Crippen LogP contribution in [0.25, 0.3) is 0 Å². The second-order valence-corrected chi connectivity index (χ2v) is 34.8. The summed E-state index contributed by atoms with van der Waals surface area (Å²) in [4.78, 5) is 70.2. The number of nitrogens with zero attached hydrogens (tertiary/aromatic N) is 7. The zero-order valence-electron chi connectivity index (χ0n) is 58.3. The molecule has 3 aliphatic carbocycles. The molecule has 4 aromatic rings. The van der Waals surface area contributed by atoms with Crippen molar-refractivity contribution in [1.82, 2.24) is 45.4 Å². The minimum atomic E-state index is -4.20. The number of fused-ring (bicyclic) bond motifs is 12. The van der Waals surface area contributed by atoms with Crippen LogP contribution in [0.3, 0.4) is 0 Å². The molecule has 10 aliphatic rings. The van der Waals surface area contributed by atoms with Crippen LogP contribution in [0, 0.1) is 28.1 Å². The third kappa shape index (κ3) is 20.4. The first-order chi connectivity index (χ1) is 47.7. The molecule has 8 bridgehead atoms. The first kappa shape index (κ1) is 77.4. The lowest BCUT2D eigenvalue weighted by Gasteiger charge is -2.34. The number of carbonyl (C=O) groups excluding carboxylic acids is 4. The summed E-state index contributed by atoms with van der Waals surface area (Å²) in [6.07, 6.45) is 11.6. The lowest BCUT2D eigenvalue weighted by Crippen LogP contribution is -2.42. The zero-order chi connectivity index (χ0) is 72.8. The molecular weight excluding hydrogens is 1440 g/mol. The van der Waals surface area contributed by atoms with E-state index >= 15 is 0 Å². The molecule has 4 amide bonds. The van der Waals surface area contributed by atoms with Crippen LogP contribution in [0.2, 0.25) is 5.15 Å². The van der Waals surface area contributed by atoms with E-state index in [0.717, 1.165) is 117 Å². The summed E-state index contributed by atoms with van der Waals surface area (Å²) in [7, 11) is -8.35. The van der Waals surface area contributed by atoms with Crippen molar-refractivity contribution >= 4 is 100 Å².